The van der Waals surface area contributed by atoms with Crippen LogP contribution in [0.5, 0.6) is 0 Å². The quantitative estimate of drug-likeness (QED) is 0.682. The lowest BCUT2D eigenvalue weighted by molar-refractivity contribution is -0.136. The van der Waals surface area contributed by atoms with Gasteiger partial charge in [0.2, 0.25) is 10.0 Å². The van der Waals surface area contributed by atoms with Crippen molar-refractivity contribution in [2.24, 2.45) is 5.14 Å². The molecule has 2 aromatic rings. The van der Waals surface area contributed by atoms with E-state index in [0.29, 0.717) is 12.1 Å². The summed E-state index contributed by atoms with van der Waals surface area (Å²) in [6.07, 6.45) is 0.452. The van der Waals surface area contributed by atoms with Crippen LogP contribution < -0.4 is 15.8 Å². The molecule has 0 atom stereocenters. The van der Waals surface area contributed by atoms with Crippen LogP contribution in [-0.2, 0) is 26.0 Å². The maximum Gasteiger partial charge on any atom is 0.313 e. The van der Waals surface area contributed by atoms with Crippen molar-refractivity contribution in [2.45, 2.75) is 25.2 Å². The van der Waals surface area contributed by atoms with E-state index in [9.17, 15) is 18.0 Å². The van der Waals surface area contributed by atoms with E-state index in [2.05, 4.69) is 10.6 Å². The van der Waals surface area contributed by atoms with Crippen molar-refractivity contribution in [1.82, 2.24) is 5.32 Å². The number of primary sulfonamides is 1. The number of rotatable bonds is 5. The van der Waals surface area contributed by atoms with E-state index in [1.54, 1.807) is 12.1 Å². The highest BCUT2D eigenvalue weighted by Crippen LogP contribution is 2.19. The molecule has 26 heavy (non-hydrogen) atoms. The van der Waals surface area contributed by atoms with Gasteiger partial charge in [-0.15, -0.1) is 0 Å². The van der Waals surface area contributed by atoms with Crippen molar-refractivity contribution < 1.29 is 18.0 Å². The topological polar surface area (TPSA) is 118 Å². The number of hydrogen-bond donors (Lipinski definition) is 3. The molecular weight excluding hydrogens is 354 g/mol. The number of nitrogens with one attached hydrogen (secondary N) is 2. The molecule has 0 aromatic heterocycles. The van der Waals surface area contributed by atoms with Crippen molar-refractivity contribution in [3.8, 4) is 0 Å². The van der Waals surface area contributed by atoms with Gasteiger partial charge in [0.25, 0.3) is 0 Å². The van der Waals surface area contributed by atoms with E-state index in [1.165, 1.54) is 12.1 Å². The van der Waals surface area contributed by atoms with Crippen molar-refractivity contribution in [1.29, 1.82) is 0 Å². The van der Waals surface area contributed by atoms with Gasteiger partial charge in [-0.2, -0.15) is 0 Å². The van der Waals surface area contributed by atoms with E-state index in [4.69, 9.17) is 5.14 Å². The molecular formula is C18H21N3O4S. The number of benzene rings is 2. The Morgan fingerprint density at radius 1 is 0.962 bits per heavy atom. The Hall–Kier alpha value is -2.71. The lowest BCUT2D eigenvalue weighted by Gasteiger charge is -2.11. The molecule has 0 fully saturated rings. The Morgan fingerprint density at radius 2 is 1.54 bits per heavy atom. The van der Waals surface area contributed by atoms with Crippen LogP contribution in [0.25, 0.3) is 0 Å². The summed E-state index contributed by atoms with van der Waals surface area (Å²) >= 11 is 0. The fourth-order valence-electron chi connectivity index (χ4n) is 2.43. The Balaban J connectivity index is 1.87. The molecule has 0 saturated carbocycles. The van der Waals surface area contributed by atoms with Crippen molar-refractivity contribution in [3.05, 3.63) is 59.2 Å². The van der Waals surface area contributed by atoms with E-state index >= 15 is 0 Å². The molecule has 8 heteroatoms. The second-order valence-corrected chi connectivity index (χ2v) is 7.48. The average Bonchev–Trinajstić information content (AvgIpc) is 2.57. The first kappa shape index (κ1) is 19.6. The molecule has 0 radical (unpaired) electrons. The number of amides is 2. The molecule has 7 nitrogen and oxygen atoms in total. The third-order valence-corrected chi connectivity index (χ3v) is 4.81. The maximum atomic E-state index is 12.0. The monoisotopic (exact) mass is 375 g/mol. The molecule has 0 aliphatic rings. The van der Waals surface area contributed by atoms with Gasteiger partial charge in [0.15, 0.2) is 0 Å². The number of sulfonamides is 1. The van der Waals surface area contributed by atoms with Crippen molar-refractivity contribution in [2.75, 3.05) is 11.9 Å². The second-order valence-electron chi connectivity index (χ2n) is 5.92. The minimum absolute atomic E-state index is 0.0262. The number of anilines is 1. The Morgan fingerprint density at radius 3 is 2.08 bits per heavy atom. The highest BCUT2D eigenvalue weighted by molar-refractivity contribution is 7.89. The predicted octanol–water partition coefficient (Wildman–Crippen LogP) is 1.25. The highest BCUT2D eigenvalue weighted by atomic mass is 32.2. The lowest BCUT2D eigenvalue weighted by atomic mass is 10.1. The number of carbonyl (C=O) groups excluding carboxylic acids is 2. The number of para-hydroxylation sites is 1. The zero-order chi connectivity index (χ0) is 19.3. The maximum absolute atomic E-state index is 12.0. The third-order valence-electron chi connectivity index (χ3n) is 3.88. The molecule has 2 amide bonds. The molecule has 0 saturated heterocycles. The largest absolute Gasteiger partial charge is 0.347 e. The average molecular weight is 375 g/mol. The molecule has 138 valence electrons. The summed E-state index contributed by atoms with van der Waals surface area (Å²) in [6.45, 7) is 3.95. The Bertz CT molecular complexity index is 902. The van der Waals surface area contributed by atoms with Gasteiger partial charge in [0.1, 0.15) is 0 Å². The first-order valence-electron chi connectivity index (χ1n) is 7.95. The zero-order valence-corrected chi connectivity index (χ0v) is 15.4. The van der Waals surface area contributed by atoms with Gasteiger partial charge in [-0.3, -0.25) is 9.59 Å². The summed E-state index contributed by atoms with van der Waals surface area (Å²) in [6, 6.07) is 11.6. The van der Waals surface area contributed by atoms with E-state index in [0.717, 1.165) is 16.7 Å². The highest BCUT2D eigenvalue weighted by Gasteiger charge is 2.15. The van der Waals surface area contributed by atoms with Crippen LogP contribution in [0.15, 0.2) is 47.4 Å². The Kier molecular flexibility index (Phi) is 6.12. The summed E-state index contributed by atoms with van der Waals surface area (Å²) in [5.41, 5.74) is 3.20. The van der Waals surface area contributed by atoms with Crippen LogP contribution in [0.4, 0.5) is 5.69 Å². The number of carbonyl (C=O) groups is 2. The van der Waals surface area contributed by atoms with Crippen LogP contribution in [0, 0.1) is 13.8 Å². The van der Waals surface area contributed by atoms with Crippen LogP contribution in [0.1, 0.15) is 16.7 Å². The first-order valence-corrected chi connectivity index (χ1v) is 9.50. The molecule has 2 aromatic carbocycles. The molecule has 2 rings (SSSR count). The molecule has 0 unspecified atom stereocenters. The van der Waals surface area contributed by atoms with E-state index in [1.807, 2.05) is 32.0 Å². The van der Waals surface area contributed by atoms with Crippen LogP contribution in [0.3, 0.4) is 0 Å². The molecule has 4 N–H and O–H groups in total. The van der Waals surface area contributed by atoms with Gasteiger partial charge in [-0.1, -0.05) is 30.3 Å². The van der Waals surface area contributed by atoms with Crippen LogP contribution in [0.2, 0.25) is 0 Å². The summed E-state index contributed by atoms with van der Waals surface area (Å²) < 4.78 is 22.4. The zero-order valence-electron chi connectivity index (χ0n) is 14.6. The van der Waals surface area contributed by atoms with Gasteiger partial charge >= 0.3 is 11.8 Å². The number of hydrogen-bond acceptors (Lipinski definition) is 4. The molecule has 0 spiro atoms. The minimum atomic E-state index is -3.72. The van der Waals surface area contributed by atoms with Gasteiger partial charge in [0.05, 0.1) is 4.90 Å². The van der Waals surface area contributed by atoms with E-state index < -0.39 is 21.8 Å². The minimum Gasteiger partial charge on any atom is -0.347 e. The second kappa shape index (κ2) is 8.11. The standard InChI is InChI=1S/C18H21N3O4S/c1-12-4-3-5-13(2)16(12)21-18(23)17(22)20-11-10-14-6-8-15(9-7-14)26(19,24)25/h3-9H,10-11H2,1-2H3,(H,20,22)(H,21,23)(H2,19,24,25). The third kappa shape index (κ3) is 5.14. The summed E-state index contributed by atoms with van der Waals surface area (Å²) in [4.78, 5) is 24.0. The SMILES string of the molecule is Cc1cccc(C)c1NC(=O)C(=O)NCCc1ccc(S(N)(=O)=O)cc1. The van der Waals surface area contributed by atoms with Gasteiger partial charge < -0.3 is 10.6 Å². The van der Waals surface area contributed by atoms with E-state index in [-0.39, 0.29) is 11.4 Å². The molecule has 0 heterocycles. The smallest absolute Gasteiger partial charge is 0.313 e. The lowest BCUT2D eigenvalue weighted by Crippen LogP contribution is -2.36. The Labute approximate surface area is 152 Å². The normalized spacial score (nSPS) is 11.0. The fourth-order valence-corrected chi connectivity index (χ4v) is 2.94. The summed E-state index contributed by atoms with van der Waals surface area (Å²) in [5.74, 6) is -1.46. The fraction of sp³-hybridized carbons (Fsp3) is 0.222. The number of nitrogens with two attached hydrogens (primary N) is 1. The van der Waals surface area contributed by atoms with Gasteiger partial charge in [-0.05, 0) is 49.1 Å². The van der Waals surface area contributed by atoms with Crippen molar-refractivity contribution >= 4 is 27.5 Å². The molecule has 0 bridgehead atoms. The van der Waals surface area contributed by atoms with Crippen LogP contribution in [-0.4, -0.2) is 26.8 Å². The van der Waals surface area contributed by atoms with Gasteiger partial charge in [-0.25, -0.2) is 13.6 Å². The molecule has 0 aliphatic carbocycles. The summed E-state index contributed by atoms with van der Waals surface area (Å²) in [7, 11) is -3.72. The molecule has 0 aliphatic heterocycles. The van der Waals surface area contributed by atoms with Crippen LogP contribution >= 0.6 is 0 Å². The van der Waals surface area contributed by atoms with Gasteiger partial charge in [0, 0.05) is 12.2 Å². The first-order chi connectivity index (χ1) is 12.2. The van der Waals surface area contributed by atoms with Crippen molar-refractivity contribution in [3.63, 3.8) is 0 Å². The summed E-state index contributed by atoms with van der Waals surface area (Å²) in [5, 5.41) is 10.2. The number of aryl methyl sites for hydroxylation is 2. The predicted molar refractivity (Wildman–Crippen MR) is 99.1 cm³/mol.